The van der Waals surface area contributed by atoms with Gasteiger partial charge >= 0.3 is 11.9 Å². The van der Waals surface area contributed by atoms with Gasteiger partial charge in [-0.25, -0.2) is 4.98 Å². The van der Waals surface area contributed by atoms with Crippen LogP contribution in [-0.4, -0.2) is 25.1 Å². The molecule has 3 rings (SSSR count). The normalized spacial score (nSPS) is 11.5. The maximum atomic E-state index is 12.8. The van der Waals surface area contributed by atoms with E-state index in [0.717, 1.165) is 29.5 Å². The highest BCUT2D eigenvalue weighted by molar-refractivity contribution is 7.13. The number of halogens is 3. The second-order valence-corrected chi connectivity index (χ2v) is 5.98. The third kappa shape index (κ3) is 3.28. The maximum absolute atomic E-state index is 12.8. The van der Waals surface area contributed by atoms with Gasteiger partial charge in [-0.1, -0.05) is 0 Å². The van der Waals surface area contributed by atoms with Crippen molar-refractivity contribution in [2.75, 3.05) is 0 Å². The van der Waals surface area contributed by atoms with E-state index < -0.39 is 33.8 Å². The van der Waals surface area contributed by atoms with E-state index in [1.54, 1.807) is 0 Å². The Kier molecular flexibility index (Phi) is 4.24. The van der Waals surface area contributed by atoms with Gasteiger partial charge in [0.2, 0.25) is 5.75 Å². The minimum absolute atomic E-state index is 0.133. The van der Waals surface area contributed by atoms with Crippen molar-refractivity contribution >= 4 is 17.0 Å². The highest BCUT2D eigenvalue weighted by Crippen LogP contribution is 2.40. The summed E-state index contributed by atoms with van der Waals surface area (Å²) in [6, 6.07) is 2.98. The van der Waals surface area contributed by atoms with Crippen LogP contribution in [0.3, 0.4) is 0 Å². The van der Waals surface area contributed by atoms with E-state index in [2.05, 4.69) is 9.97 Å². The number of alkyl halides is 3. The van der Waals surface area contributed by atoms with Crippen LogP contribution in [-0.2, 0) is 6.18 Å². The van der Waals surface area contributed by atoms with Gasteiger partial charge < -0.3 is 10.2 Å². The zero-order valence-electron chi connectivity index (χ0n) is 12.6. The molecular weight excluding hydrogens is 375 g/mol. The number of aromatic hydroxyl groups is 2. The molecule has 0 bridgehead atoms. The molecule has 0 unspecified atom stereocenters. The average Bonchev–Trinajstić information content (AvgIpc) is 3.06. The first-order chi connectivity index (χ1) is 12.2. The summed E-state index contributed by atoms with van der Waals surface area (Å²) in [5, 5.41) is 31.7. The van der Waals surface area contributed by atoms with Gasteiger partial charge in [-0.15, -0.1) is 11.3 Å². The molecule has 0 saturated carbocycles. The van der Waals surface area contributed by atoms with Crippen LogP contribution in [0.5, 0.6) is 11.5 Å². The summed E-state index contributed by atoms with van der Waals surface area (Å²) in [6.07, 6.45) is -2.64. The minimum Gasteiger partial charge on any atom is -0.504 e. The summed E-state index contributed by atoms with van der Waals surface area (Å²) in [4.78, 5) is 17.7. The van der Waals surface area contributed by atoms with Crippen LogP contribution in [0.2, 0.25) is 0 Å². The Hall–Kier alpha value is -3.21. The predicted molar refractivity (Wildman–Crippen MR) is 85.8 cm³/mol. The maximum Gasteiger partial charge on any atom is 0.417 e. The fourth-order valence-electron chi connectivity index (χ4n) is 2.14. The summed E-state index contributed by atoms with van der Waals surface area (Å²) in [5.41, 5.74) is -1.18. The summed E-state index contributed by atoms with van der Waals surface area (Å²) >= 11 is 1.01. The van der Waals surface area contributed by atoms with E-state index in [1.807, 2.05) is 0 Å². The number of phenolic OH excluding ortho intramolecular Hbond substituents is 2. The van der Waals surface area contributed by atoms with Crippen LogP contribution in [0.1, 0.15) is 5.56 Å². The summed E-state index contributed by atoms with van der Waals surface area (Å²) in [5.74, 6) is -1.58. The lowest BCUT2D eigenvalue weighted by molar-refractivity contribution is -0.385. The highest BCUT2D eigenvalue weighted by atomic mass is 32.1. The molecule has 2 heterocycles. The fourth-order valence-corrected chi connectivity index (χ4v) is 2.95. The lowest BCUT2D eigenvalue weighted by atomic mass is 10.1. The molecule has 0 amide bonds. The number of phenols is 2. The van der Waals surface area contributed by atoms with E-state index in [4.69, 9.17) is 0 Å². The third-order valence-corrected chi connectivity index (χ3v) is 4.27. The lowest BCUT2D eigenvalue weighted by Crippen LogP contribution is -2.05. The van der Waals surface area contributed by atoms with Crippen LogP contribution in [0, 0.1) is 10.1 Å². The van der Waals surface area contributed by atoms with E-state index in [0.29, 0.717) is 6.20 Å². The molecule has 0 radical (unpaired) electrons. The van der Waals surface area contributed by atoms with Gasteiger partial charge in [0.15, 0.2) is 5.75 Å². The molecule has 0 aliphatic heterocycles. The number of hydrogen-bond donors (Lipinski definition) is 2. The number of thiazole rings is 1. The summed E-state index contributed by atoms with van der Waals surface area (Å²) < 4.78 is 38.4. The Bertz CT molecular complexity index is 1000. The number of rotatable bonds is 3. The standard InChI is InChI=1S/C15H8F3N3O4S/c16-15(17,18)9-1-8(4-19-5-9)14-20-10(6-26-14)7-2-11(21(24)25)13(23)12(22)3-7/h1-6,22-23H. The summed E-state index contributed by atoms with van der Waals surface area (Å²) in [6.45, 7) is 0. The van der Waals surface area contributed by atoms with E-state index in [9.17, 15) is 33.5 Å². The largest absolute Gasteiger partial charge is 0.504 e. The lowest BCUT2D eigenvalue weighted by Gasteiger charge is -2.06. The smallest absolute Gasteiger partial charge is 0.417 e. The van der Waals surface area contributed by atoms with Crippen molar-refractivity contribution in [3.05, 3.63) is 51.7 Å². The Labute approximate surface area is 147 Å². The fraction of sp³-hybridized carbons (Fsp3) is 0.0667. The first-order valence-corrected chi connectivity index (χ1v) is 7.73. The third-order valence-electron chi connectivity index (χ3n) is 3.38. The molecule has 26 heavy (non-hydrogen) atoms. The quantitative estimate of drug-likeness (QED) is 0.398. The predicted octanol–water partition coefficient (Wildman–Crippen LogP) is 4.21. The van der Waals surface area contributed by atoms with Gasteiger partial charge in [0.05, 0.1) is 16.2 Å². The number of aromatic nitrogens is 2. The van der Waals surface area contributed by atoms with Gasteiger partial charge in [-0.3, -0.25) is 15.1 Å². The first-order valence-electron chi connectivity index (χ1n) is 6.85. The zero-order valence-corrected chi connectivity index (χ0v) is 13.4. The molecule has 3 aromatic rings. The molecule has 0 aliphatic rings. The molecule has 0 spiro atoms. The SMILES string of the molecule is O=[N+]([O-])c1cc(-c2csc(-c3cncc(C(F)(F)F)c3)n2)cc(O)c1O. The van der Waals surface area contributed by atoms with Gasteiger partial charge in [-0.05, 0) is 12.1 Å². The van der Waals surface area contributed by atoms with Crippen molar-refractivity contribution in [2.24, 2.45) is 0 Å². The molecular formula is C15H8F3N3O4S. The molecule has 2 N–H and O–H groups in total. The van der Waals surface area contributed by atoms with Crippen molar-refractivity contribution in [2.45, 2.75) is 6.18 Å². The second kappa shape index (κ2) is 6.26. The molecule has 134 valence electrons. The first kappa shape index (κ1) is 17.6. The number of nitro groups is 1. The number of nitrogens with zero attached hydrogens (tertiary/aromatic N) is 3. The Morgan fingerprint density at radius 1 is 1.12 bits per heavy atom. The number of nitro benzene ring substituents is 1. The average molecular weight is 383 g/mol. The van der Waals surface area contributed by atoms with Gasteiger partial charge in [0, 0.05) is 35.0 Å². The molecule has 11 heteroatoms. The zero-order chi connectivity index (χ0) is 19.1. The molecule has 0 saturated heterocycles. The van der Waals surface area contributed by atoms with Crippen molar-refractivity contribution in [3.8, 4) is 33.3 Å². The van der Waals surface area contributed by atoms with Gasteiger partial charge in [0.1, 0.15) is 5.01 Å². The molecule has 1 aromatic carbocycles. The number of hydrogen-bond acceptors (Lipinski definition) is 7. The monoisotopic (exact) mass is 383 g/mol. The van der Waals surface area contributed by atoms with Crippen LogP contribution >= 0.6 is 11.3 Å². The molecule has 7 nitrogen and oxygen atoms in total. The number of benzene rings is 1. The topological polar surface area (TPSA) is 109 Å². The summed E-state index contributed by atoms with van der Waals surface area (Å²) in [7, 11) is 0. The second-order valence-electron chi connectivity index (χ2n) is 5.12. The highest BCUT2D eigenvalue weighted by Gasteiger charge is 2.31. The number of pyridine rings is 1. The molecule has 2 aromatic heterocycles. The van der Waals surface area contributed by atoms with E-state index >= 15 is 0 Å². The van der Waals surface area contributed by atoms with Crippen molar-refractivity contribution in [1.82, 2.24) is 9.97 Å². The van der Waals surface area contributed by atoms with Gasteiger partial charge in [-0.2, -0.15) is 13.2 Å². The van der Waals surface area contributed by atoms with Crippen LogP contribution in [0.4, 0.5) is 18.9 Å². The van der Waals surface area contributed by atoms with Crippen LogP contribution < -0.4 is 0 Å². The molecule has 0 aliphatic carbocycles. The van der Waals surface area contributed by atoms with E-state index in [-0.39, 0.29) is 21.8 Å². The van der Waals surface area contributed by atoms with E-state index in [1.165, 1.54) is 11.6 Å². The molecule has 0 fully saturated rings. The Balaban J connectivity index is 2.03. The van der Waals surface area contributed by atoms with Gasteiger partial charge in [0.25, 0.3) is 0 Å². The van der Waals surface area contributed by atoms with Crippen molar-refractivity contribution in [3.63, 3.8) is 0 Å². The Morgan fingerprint density at radius 2 is 1.85 bits per heavy atom. The van der Waals surface area contributed by atoms with Crippen LogP contribution in [0.15, 0.2) is 36.0 Å². The van der Waals surface area contributed by atoms with Crippen molar-refractivity contribution in [1.29, 1.82) is 0 Å². The van der Waals surface area contributed by atoms with Crippen LogP contribution in [0.25, 0.3) is 21.8 Å². The van der Waals surface area contributed by atoms with Crippen molar-refractivity contribution < 1.29 is 28.3 Å². The molecule has 0 atom stereocenters. The minimum atomic E-state index is -4.55. The Morgan fingerprint density at radius 3 is 2.50 bits per heavy atom.